The second kappa shape index (κ2) is 4.55. The van der Waals surface area contributed by atoms with Crippen LogP contribution in [-0.4, -0.2) is 11.1 Å². The maximum atomic E-state index is 13.2. The molecule has 0 aliphatic rings. The Balaban J connectivity index is 2.95. The van der Waals surface area contributed by atoms with Crippen LogP contribution >= 0.6 is 0 Å². The molecule has 0 amide bonds. The molecule has 0 radical (unpaired) electrons. The molecule has 88 valence electrons. The van der Waals surface area contributed by atoms with Crippen molar-refractivity contribution in [3.05, 3.63) is 35.1 Å². The zero-order valence-corrected chi connectivity index (χ0v) is 8.64. The maximum Gasteiger partial charge on any atom is 0.303 e. The Morgan fingerprint density at radius 2 is 2.06 bits per heavy atom. The Hall–Kier alpha value is -1.52. The number of alkyl halides is 2. The summed E-state index contributed by atoms with van der Waals surface area (Å²) in [5.41, 5.74) is -0.310. The van der Waals surface area contributed by atoms with Gasteiger partial charge in [0, 0.05) is 18.9 Å². The van der Waals surface area contributed by atoms with Gasteiger partial charge < -0.3 is 5.11 Å². The van der Waals surface area contributed by atoms with E-state index in [9.17, 15) is 18.0 Å². The summed E-state index contributed by atoms with van der Waals surface area (Å²) in [6, 6.07) is 2.95. The van der Waals surface area contributed by atoms with Crippen molar-refractivity contribution in [2.24, 2.45) is 0 Å². The lowest BCUT2D eigenvalue weighted by Gasteiger charge is -2.12. The molecule has 0 fully saturated rings. The fourth-order valence-corrected chi connectivity index (χ4v) is 1.28. The molecule has 1 N–H and O–H groups in total. The lowest BCUT2D eigenvalue weighted by atomic mass is 10.0. The highest BCUT2D eigenvalue weighted by atomic mass is 19.3. The zero-order chi connectivity index (χ0) is 12.3. The largest absolute Gasteiger partial charge is 0.481 e. The van der Waals surface area contributed by atoms with Crippen LogP contribution in [0.4, 0.5) is 13.2 Å². The molecular weight excluding hydrogens is 221 g/mol. The summed E-state index contributed by atoms with van der Waals surface area (Å²) in [6.45, 7) is 0.710. The van der Waals surface area contributed by atoms with Crippen molar-refractivity contribution in [1.82, 2.24) is 0 Å². The number of benzene rings is 1. The van der Waals surface area contributed by atoms with Crippen LogP contribution < -0.4 is 0 Å². The second-order valence-corrected chi connectivity index (χ2v) is 3.59. The van der Waals surface area contributed by atoms with Gasteiger partial charge in [-0.15, -0.1) is 0 Å². The summed E-state index contributed by atoms with van der Waals surface area (Å²) in [7, 11) is 0. The first-order chi connectivity index (χ1) is 7.30. The van der Waals surface area contributed by atoms with Crippen molar-refractivity contribution >= 4 is 5.97 Å². The highest BCUT2D eigenvalue weighted by molar-refractivity contribution is 5.67. The quantitative estimate of drug-likeness (QED) is 0.866. The lowest BCUT2D eigenvalue weighted by molar-refractivity contribution is -0.136. The molecule has 5 heteroatoms. The second-order valence-electron chi connectivity index (χ2n) is 3.59. The summed E-state index contributed by atoms with van der Waals surface area (Å²) < 4.78 is 39.0. The van der Waals surface area contributed by atoms with Gasteiger partial charge in [0.1, 0.15) is 5.82 Å². The van der Waals surface area contributed by atoms with Crippen LogP contribution in [0.2, 0.25) is 0 Å². The van der Waals surface area contributed by atoms with Crippen molar-refractivity contribution in [1.29, 1.82) is 0 Å². The molecule has 16 heavy (non-hydrogen) atoms. The normalized spacial score (nSPS) is 11.5. The molecule has 0 bridgehead atoms. The number of hydrogen-bond donors (Lipinski definition) is 1. The van der Waals surface area contributed by atoms with Crippen molar-refractivity contribution in [2.45, 2.75) is 25.7 Å². The Bertz CT molecular complexity index is 397. The van der Waals surface area contributed by atoms with Gasteiger partial charge in [-0.05, 0) is 24.1 Å². The Labute approximate surface area is 90.7 Å². The summed E-state index contributed by atoms with van der Waals surface area (Å²) in [6.07, 6.45) is -0.374. The van der Waals surface area contributed by atoms with Gasteiger partial charge >= 0.3 is 5.97 Å². The van der Waals surface area contributed by atoms with Gasteiger partial charge in [-0.1, -0.05) is 6.07 Å². The molecule has 0 aromatic heterocycles. The van der Waals surface area contributed by atoms with Gasteiger partial charge in [-0.2, -0.15) is 0 Å². The van der Waals surface area contributed by atoms with Crippen LogP contribution in [0.3, 0.4) is 0 Å². The molecule has 0 aliphatic carbocycles. The summed E-state index contributed by atoms with van der Waals surface area (Å²) in [5.74, 6) is -4.80. The lowest BCUT2D eigenvalue weighted by Crippen LogP contribution is -2.09. The molecule has 2 nitrogen and oxygen atoms in total. The third-order valence-corrected chi connectivity index (χ3v) is 2.16. The van der Waals surface area contributed by atoms with E-state index in [-0.39, 0.29) is 24.0 Å². The van der Waals surface area contributed by atoms with Gasteiger partial charge in [0.25, 0.3) is 5.92 Å². The Morgan fingerprint density at radius 1 is 1.44 bits per heavy atom. The molecule has 0 heterocycles. The molecule has 0 unspecified atom stereocenters. The minimum absolute atomic E-state index is 0.00132. The first-order valence-electron chi connectivity index (χ1n) is 4.69. The van der Waals surface area contributed by atoms with Crippen LogP contribution in [0.15, 0.2) is 18.2 Å². The van der Waals surface area contributed by atoms with Crippen molar-refractivity contribution < 1.29 is 23.1 Å². The fraction of sp³-hybridized carbons (Fsp3) is 0.364. The zero-order valence-electron chi connectivity index (χ0n) is 8.64. The number of halogens is 3. The molecule has 0 spiro atoms. The van der Waals surface area contributed by atoms with E-state index in [0.717, 1.165) is 18.2 Å². The van der Waals surface area contributed by atoms with Crippen LogP contribution in [0.5, 0.6) is 0 Å². The monoisotopic (exact) mass is 232 g/mol. The number of aliphatic carboxylic acids is 1. The molecule has 1 aromatic carbocycles. The summed E-state index contributed by atoms with van der Waals surface area (Å²) in [5, 5.41) is 8.42. The van der Waals surface area contributed by atoms with E-state index in [4.69, 9.17) is 5.11 Å². The van der Waals surface area contributed by atoms with Crippen molar-refractivity contribution in [3.63, 3.8) is 0 Å². The predicted molar refractivity (Wildman–Crippen MR) is 51.9 cm³/mol. The molecule has 1 rings (SSSR count). The minimum atomic E-state index is -3.05. The van der Waals surface area contributed by atoms with Gasteiger partial charge in [-0.25, -0.2) is 13.2 Å². The van der Waals surface area contributed by atoms with E-state index in [1.807, 2.05) is 0 Å². The number of carboxylic acid groups (broad SMARTS) is 1. The molecular formula is C11H11F3O2. The molecule has 0 saturated heterocycles. The molecule has 0 atom stereocenters. The smallest absolute Gasteiger partial charge is 0.303 e. The van der Waals surface area contributed by atoms with Gasteiger partial charge in [0.15, 0.2) is 0 Å². The van der Waals surface area contributed by atoms with Crippen molar-refractivity contribution in [2.75, 3.05) is 0 Å². The SMILES string of the molecule is CC(F)(F)c1ccc(F)c(CCC(=O)O)c1. The Morgan fingerprint density at radius 3 is 2.56 bits per heavy atom. The first kappa shape index (κ1) is 12.5. The topological polar surface area (TPSA) is 37.3 Å². The minimum Gasteiger partial charge on any atom is -0.481 e. The summed E-state index contributed by atoms with van der Waals surface area (Å²) in [4.78, 5) is 10.3. The van der Waals surface area contributed by atoms with Gasteiger partial charge in [0.05, 0.1) is 0 Å². The molecule has 0 aliphatic heterocycles. The predicted octanol–water partition coefficient (Wildman–Crippen LogP) is 2.95. The van der Waals surface area contributed by atoms with Gasteiger partial charge in [0.2, 0.25) is 0 Å². The number of carbonyl (C=O) groups is 1. The number of carboxylic acids is 1. The van der Waals surface area contributed by atoms with E-state index in [2.05, 4.69) is 0 Å². The van der Waals surface area contributed by atoms with Crippen LogP contribution in [0.1, 0.15) is 24.5 Å². The number of hydrogen-bond acceptors (Lipinski definition) is 1. The van der Waals surface area contributed by atoms with Crippen LogP contribution in [0, 0.1) is 5.82 Å². The number of aryl methyl sites for hydroxylation is 1. The summed E-state index contributed by atoms with van der Waals surface area (Å²) >= 11 is 0. The number of rotatable bonds is 4. The van der Waals surface area contributed by atoms with Crippen molar-refractivity contribution in [3.8, 4) is 0 Å². The third kappa shape index (κ3) is 3.25. The molecule has 1 aromatic rings. The maximum absolute atomic E-state index is 13.2. The van der Waals surface area contributed by atoms with E-state index < -0.39 is 17.7 Å². The third-order valence-electron chi connectivity index (χ3n) is 2.16. The average molecular weight is 232 g/mol. The van der Waals surface area contributed by atoms with Gasteiger partial charge in [-0.3, -0.25) is 4.79 Å². The highest BCUT2D eigenvalue weighted by Gasteiger charge is 2.25. The molecule has 0 saturated carbocycles. The van der Waals surface area contributed by atoms with E-state index in [1.54, 1.807) is 0 Å². The van der Waals surface area contributed by atoms with Crippen LogP contribution in [0.25, 0.3) is 0 Å². The fourth-order valence-electron chi connectivity index (χ4n) is 1.28. The average Bonchev–Trinajstić information content (AvgIpc) is 2.14. The highest BCUT2D eigenvalue weighted by Crippen LogP contribution is 2.28. The first-order valence-corrected chi connectivity index (χ1v) is 4.69. The van der Waals surface area contributed by atoms with E-state index in [1.165, 1.54) is 0 Å². The van der Waals surface area contributed by atoms with E-state index >= 15 is 0 Å². The standard InChI is InChI=1S/C11H11F3O2/c1-11(13,14)8-3-4-9(12)7(6-8)2-5-10(15)16/h3-4,6H,2,5H2,1H3,(H,15,16). The Kier molecular flexibility index (Phi) is 3.57. The van der Waals surface area contributed by atoms with E-state index in [0.29, 0.717) is 6.92 Å². The van der Waals surface area contributed by atoms with Crippen LogP contribution in [-0.2, 0) is 17.1 Å².